The number of hydrogen-bond donors (Lipinski definition) is 1. The average Bonchev–Trinajstić information content (AvgIpc) is 2.65. The summed E-state index contributed by atoms with van der Waals surface area (Å²) in [5.74, 6) is 1.34. The van der Waals surface area contributed by atoms with Crippen LogP contribution in [0.2, 0.25) is 0 Å². The number of nitrogens with one attached hydrogen (secondary N) is 1. The van der Waals surface area contributed by atoms with Crippen LogP contribution in [0.15, 0.2) is 48.5 Å². The number of ether oxygens (including phenoxy) is 2. The van der Waals surface area contributed by atoms with Gasteiger partial charge in [-0.3, -0.25) is 4.79 Å². The number of carbonyl (C=O) groups excluding carboxylic acids is 1. The van der Waals surface area contributed by atoms with Crippen molar-refractivity contribution < 1.29 is 14.3 Å². The number of methoxy groups -OCH3 is 1. The molecule has 2 rings (SSSR count). The van der Waals surface area contributed by atoms with E-state index in [2.05, 4.69) is 38.2 Å². The molecule has 2 atom stereocenters. The molecule has 0 bridgehead atoms. The molecule has 4 heteroatoms. The summed E-state index contributed by atoms with van der Waals surface area (Å²) < 4.78 is 11.3. The number of para-hydroxylation sites is 1. The molecule has 2 aromatic carbocycles. The average molecular weight is 370 g/mol. The normalized spacial score (nSPS) is 13.6. The Morgan fingerprint density at radius 1 is 1.07 bits per heavy atom. The highest BCUT2D eigenvalue weighted by Gasteiger charge is 2.22. The van der Waals surface area contributed by atoms with E-state index < -0.39 is 6.10 Å². The first-order chi connectivity index (χ1) is 12.8. The minimum Gasteiger partial charge on any atom is -0.496 e. The molecule has 1 amide bonds. The molecule has 2 aromatic rings. The van der Waals surface area contributed by atoms with Gasteiger partial charge in [0, 0.05) is 5.56 Å². The lowest BCUT2D eigenvalue weighted by molar-refractivity contribution is -0.128. The van der Waals surface area contributed by atoms with Crippen LogP contribution in [0.25, 0.3) is 0 Å². The van der Waals surface area contributed by atoms with Crippen LogP contribution in [0.1, 0.15) is 58.2 Å². The van der Waals surface area contributed by atoms with Crippen LogP contribution in [0.4, 0.5) is 0 Å². The summed E-state index contributed by atoms with van der Waals surface area (Å²) in [4.78, 5) is 12.7. The third-order valence-corrected chi connectivity index (χ3v) is 4.63. The molecule has 0 saturated carbocycles. The Kier molecular flexibility index (Phi) is 6.89. The standard InChI is InChI=1S/C23H31NO3/c1-7-20(27-18-14-12-17(13-15-18)23(3,4)5)22(25)24-16(2)19-10-8-9-11-21(19)26-6/h8-16,20H,7H2,1-6H3,(H,24,25). The van der Waals surface area contributed by atoms with Crippen LogP contribution >= 0.6 is 0 Å². The molecule has 0 spiro atoms. The Hall–Kier alpha value is -2.49. The van der Waals surface area contributed by atoms with Gasteiger partial charge in [0.15, 0.2) is 6.10 Å². The van der Waals surface area contributed by atoms with Crippen LogP contribution in [0, 0.1) is 0 Å². The third-order valence-electron chi connectivity index (χ3n) is 4.63. The fraction of sp³-hybridized carbons (Fsp3) is 0.435. The second kappa shape index (κ2) is 8.94. The van der Waals surface area contributed by atoms with Crippen molar-refractivity contribution in [1.29, 1.82) is 0 Å². The lowest BCUT2D eigenvalue weighted by Crippen LogP contribution is -2.39. The summed E-state index contributed by atoms with van der Waals surface area (Å²) in [7, 11) is 1.63. The second-order valence-corrected chi connectivity index (χ2v) is 7.76. The van der Waals surface area contributed by atoms with Gasteiger partial charge in [-0.15, -0.1) is 0 Å². The van der Waals surface area contributed by atoms with Crippen LogP contribution in [-0.2, 0) is 10.2 Å². The molecule has 0 heterocycles. The van der Waals surface area contributed by atoms with E-state index in [1.165, 1.54) is 5.56 Å². The molecule has 0 aliphatic heterocycles. The Labute approximate surface area is 162 Å². The van der Waals surface area contributed by atoms with Gasteiger partial charge in [0.2, 0.25) is 0 Å². The Morgan fingerprint density at radius 2 is 1.70 bits per heavy atom. The second-order valence-electron chi connectivity index (χ2n) is 7.76. The first-order valence-electron chi connectivity index (χ1n) is 9.46. The highest BCUT2D eigenvalue weighted by Crippen LogP contribution is 2.26. The van der Waals surface area contributed by atoms with Crippen LogP contribution in [0.3, 0.4) is 0 Å². The van der Waals surface area contributed by atoms with Crippen LogP contribution < -0.4 is 14.8 Å². The van der Waals surface area contributed by atoms with Gasteiger partial charge in [-0.2, -0.15) is 0 Å². The molecule has 2 unspecified atom stereocenters. The van der Waals surface area contributed by atoms with E-state index in [4.69, 9.17) is 9.47 Å². The van der Waals surface area contributed by atoms with Gasteiger partial charge in [-0.1, -0.05) is 58.0 Å². The van der Waals surface area contributed by atoms with Gasteiger partial charge in [-0.25, -0.2) is 0 Å². The quantitative estimate of drug-likeness (QED) is 0.745. The molecule has 1 N–H and O–H groups in total. The molecule has 0 radical (unpaired) electrons. The molecule has 27 heavy (non-hydrogen) atoms. The van der Waals surface area contributed by atoms with Crippen LogP contribution in [-0.4, -0.2) is 19.1 Å². The van der Waals surface area contributed by atoms with E-state index in [-0.39, 0.29) is 17.4 Å². The minimum absolute atomic E-state index is 0.0875. The van der Waals surface area contributed by atoms with Gasteiger partial charge in [-0.05, 0) is 42.5 Å². The molecule has 0 saturated heterocycles. The topological polar surface area (TPSA) is 47.6 Å². The number of amides is 1. The van der Waals surface area contributed by atoms with Crippen molar-refractivity contribution >= 4 is 5.91 Å². The van der Waals surface area contributed by atoms with E-state index >= 15 is 0 Å². The highest BCUT2D eigenvalue weighted by molar-refractivity contribution is 5.81. The van der Waals surface area contributed by atoms with Crippen molar-refractivity contribution in [2.45, 2.75) is 58.6 Å². The zero-order valence-electron chi connectivity index (χ0n) is 17.2. The largest absolute Gasteiger partial charge is 0.496 e. The summed E-state index contributed by atoms with van der Waals surface area (Å²) >= 11 is 0. The van der Waals surface area contributed by atoms with E-state index in [0.717, 1.165) is 11.3 Å². The lowest BCUT2D eigenvalue weighted by atomic mass is 9.87. The van der Waals surface area contributed by atoms with Crippen LogP contribution in [0.5, 0.6) is 11.5 Å². The number of hydrogen-bond acceptors (Lipinski definition) is 3. The predicted molar refractivity (Wildman–Crippen MR) is 109 cm³/mol. The van der Waals surface area contributed by atoms with Gasteiger partial charge >= 0.3 is 0 Å². The lowest BCUT2D eigenvalue weighted by Gasteiger charge is -2.23. The van der Waals surface area contributed by atoms with Gasteiger partial charge < -0.3 is 14.8 Å². The molecule has 0 fully saturated rings. The fourth-order valence-electron chi connectivity index (χ4n) is 2.93. The van der Waals surface area contributed by atoms with E-state index in [0.29, 0.717) is 12.2 Å². The van der Waals surface area contributed by atoms with Crippen molar-refractivity contribution in [3.05, 3.63) is 59.7 Å². The van der Waals surface area contributed by atoms with Crippen molar-refractivity contribution in [1.82, 2.24) is 5.32 Å². The monoisotopic (exact) mass is 369 g/mol. The zero-order valence-corrected chi connectivity index (χ0v) is 17.2. The maximum absolute atomic E-state index is 12.7. The first kappa shape index (κ1) is 20.8. The summed E-state index contributed by atoms with van der Waals surface area (Å²) in [6, 6.07) is 15.5. The summed E-state index contributed by atoms with van der Waals surface area (Å²) in [6.07, 6.45) is 0.0496. The van der Waals surface area contributed by atoms with Crippen molar-refractivity contribution in [3.63, 3.8) is 0 Å². The predicted octanol–water partition coefficient (Wildman–Crippen LogP) is 5.03. The number of rotatable bonds is 7. The molecule has 4 nitrogen and oxygen atoms in total. The zero-order chi connectivity index (χ0) is 20.0. The summed E-state index contributed by atoms with van der Waals surface area (Å²) in [5.41, 5.74) is 2.26. The first-order valence-corrected chi connectivity index (χ1v) is 9.46. The van der Waals surface area contributed by atoms with Gasteiger partial charge in [0.05, 0.1) is 13.2 Å². The smallest absolute Gasteiger partial charge is 0.261 e. The molecule has 146 valence electrons. The Morgan fingerprint density at radius 3 is 2.26 bits per heavy atom. The van der Waals surface area contributed by atoms with E-state index in [9.17, 15) is 4.79 Å². The SMILES string of the molecule is CCC(Oc1ccc(C(C)(C)C)cc1)C(=O)NC(C)c1ccccc1OC. The Bertz CT molecular complexity index is 747. The molecule has 0 aliphatic carbocycles. The molecule has 0 aliphatic rings. The summed E-state index contributed by atoms with van der Waals surface area (Å²) in [6.45, 7) is 10.4. The highest BCUT2D eigenvalue weighted by atomic mass is 16.5. The molecular weight excluding hydrogens is 338 g/mol. The fourth-order valence-corrected chi connectivity index (χ4v) is 2.93. The molecule has 0 aromatic heterocycles. The number of benzene rings is 2. The minimum atomic E-state index is -0.539. The maximum Gasteiger partial charge on any atom is 0.261 e. The number of carbonyl (C=O) groups is 1. The Balaban J connectivity index is 2.05. The van der Waals surface area contributed by atoms with Crippen molar-refractivity contribution in [2.75, 3.05) is 7.11 Å². The van der Waals surface area contributed by atoms with E-state index in [1.807, 2.05) is 50.2 Å². The van der Waals surface area contributed by atoms with Crippen molar-refractivity contribution in [3.8, 4) is 11.5 Å². The summed E-state index contributed by atoms with van der Waals surface area (Å²) in [5, 5.41) is 3.03. The maximum atomic E-state index is 12.7. The van der Waals surface area contributed by atoms with Gasteiger partial charge in [0.25, 0.3) is 5.91 Å². The van der Waals surface area contributed by atoms with Gasteiger partial charge in [0.1, 0.15) is 11.5 Å². The molecular formula is C23H31NO3. The third kappa shape index (κ3) is 5.49. The van der Waals surface area contributed by atoms with E-state index in [1.54, 1.807) is 7.11 Å². The van der Waals surface area contributed by atoms with Crippen molar-refractivity contribution in [2.24, 2.45) is 0 Å².